The lowest BCUT2D eigenvalue weighted by Gasteiger charge is -2.56. The highest BCUT2D eigenvalue weighted by Gasteiger charge is 2.52. The molecule has 1 radical (unpaired) electrons. The van der Waals surface area contributed by atoms with Gasteiger partial charge in [0.2, 0.25) is 0 Å². The van der Waals surface area contributed by atoms with Gasteiger partial charge in [0.05, 0.1) is 0 Å². The van der Waals surface area contributed by atoms with Crippen molar-refractivity contribution in [3.05, 3.63) is 36.2 Å². The molecular weight excluding hydrogens is 232 g/mol. The maximum atomic E-state index is 6.61. The molecule has 0 saturated heterocycles. The van der Waals surface area contributed by atoms with E-state index in [0.29, 0.717) is 0 Å². The lowest BCUT2D eigenvalue weighted by molar-refractivity contribution is -0.107. The Morgan fingerprint density at radius 3 is 2.16 bits per heavy atom. The fraction of sp³-hybridized carbons (Fsp3) is 0.611. The first-order valence-electron chi connectivity index (χ1n) is 7.84. The fourth-order valence-corrected chi connectivity index (χ4v) is 5.20. The SMILES string of the molecule is C[CH]c1ccccc1OC12CC3CC(CC(C3)C1)C2. The highest BCUT2D eigenvalue weighted by atomic mass is 16.5. The number of rotatable bonds is 3. The van der Waals surface area contributed by atoms with Gasteiger partial charge in [-0.05, 0) is 74.3 Å². The maximum absolute atomic E-state index is 6.61. The molecule has 0 heterocycles. The van der Waals surface area contributed by atoms with Crippen LogP contribution in [0.25, 0.3) is 0 Å². The molecule has 0 atom stereocenters. The summed E-state index contributed by atoms with van der Waals surface area (Å²) in [5.41, 5.74) is 1.42. The van der Waals surface area contributed by atoms with Crippen molar-refractivity contribution in [2.45, 2.75) is 51.0 Å². The van der Waals surface area contributed by atoms with Gasteiger partial charge in [-0.15, -0.1) is 0 Å². The van der Waals surface area contributed by atoms with Gasteiger partial charge < -0.3 is 4.74 Å². The van der Waals surface area contributed by atoms with E-state index in [9.17, 15) is 0 Å². The second-order valence-corrected chi connectivity index (χ2v) is 7.03. The smallest absolute Gasteiger partial charge is 0.123 e. The predicted octanol–water partition coefficient (Wildman–Crippen LogP) is 4.61. The third kappa shape index (κ3) is 1.98. The van der Waals surface area contributed by atoms with Gasteiger partial charge in [-0.2, -0.15) is 0 Å². The highest BCUT2D eigenvalue weighted by molar-refractivity contribution is 5.38. The van der Waals surface area contributed by atoms with Crippen LogP contribution in [0.3, 0.4) is 0 Å². The average molecular weight is 255 g/mol. The molecule has 4 aliphatic carbocycles. The van der Waals surface area contributed by atoms with Crippen molar-refractivity contribution in [2.24, 2.45) is 17.8 Å². The van der Waals surface area contributed by atoms with E-state index in [2.05, 4.69) is 37.6 Å². The Morgan fingerprint density at radius 1 is 1.00 bits per heavy atom. The van der Waals surface area contributed by atoms with Gasteiger partial charge in [0, 0.05) is 0 Å². The molecule has 4 fully saturated rings. The fourth-order valence-electron chi connectivity index (χ4n) is 5.20. The first-order valence-corrected chi connectivity index (χ1v) is 7.84. The normalized spacial score (nSPS) is 39.5. The van der Waals surface area contributed by atoms with Gasteiger partial charge in [0.25, 0.3) is 0 Å². The van der Waals surface area contributed by atoms with Gasteiger partial charge in [-0.25, -0.2) is 0 Å². The highest BCUT2D eigenvalue weighted by Crippen LogP contribution is 2.57. The van der Waals surface area contributed by atoms with E-state index in [1.165, 1.54) is 44.1 Å². The molecule has 19 heavy (non-hydrogen) atoms. The third-order valence-corrected chi connectivity index (χ3v) is 5.54. The zero-order chi connectivity index (χ0) is 12.9. The van der Waals surface area contributed by atoms with Gasteiger partial charge in [0.15, 0.2) is 0 Å². The molecule has 1 nitrogen and oxygen atoms in total. The van der Waals surface area contributed by atoms with Crippen LogP contribution in [0, 0.1) is 24.2 Å². The molecule has 0 amide bonds. The van der Waals surface area contributed by atoms with Crippen LogP contribution >= 0.6 is 0 Å². The zero-order valence-corrected chi connectivity index (χ0v) is 11.8. The van der Waals surface area contributed by atoms with Crippen molar-refractivity contribution in [1.82, 2.24) is 0 Å². The molecule has 0 unspecified atom stereocenters. The minimum absolute atomic E-state index is 0.174. The number of hydrogen-bond acceptors (Lipinski definition) is 1. The molecule has 5 rings (SSSR count). The third-order valence-electron chi connectivity index (χ3n) is 5.54. The van der Waals surface area contributed by atoms with Crippen LogP contribution in [-0.2, 0) is 0 Å². The van der Waals surface area contributed by atoms with Crippen LogP contribution in [0.4, 0.5) is 0 Å². The van der Waals surface area contributed by atoms with Crippen LogP contribution in [0.5, 0.6) is 5.75 Å². The summed E-state index contributed by atoms with van der Waals surface area (Å²) in [6.45, 7) is 2.10. The van der Waals surface area contributed by atoms with Crippen molar-refractivity contribution in [1.29, 1.82) is 0 Å². The standard InChI is InChI=1S/C18H23O/c1-2-16-5-3-4-6-17(16)19-18-10-13-7-14(11-18)9-15(8-13)12-18/h2-6,13-15H,7-12H2,1H3. The molecular formula is C18H23O. The van der Waals surface area contributed by atoms with E-state index < -0.39 is 0 Å². The lowest BCUT2D eigenvalue weighted by atomic mass is 9.54. The Balaban J connectivity index is 1.62. The molecule has 101 valence electrons. The minimum atomic E-state index is 0.174. The van der Waals surface area contributed by atoms with Crippen LogP contribution in [0.15, 0.2) is 24.3 Å². The number of hydrogen-bond donors (Lipinski definition) is 0. The van der Waals surface area contributed by atoms with E-state index in [1.54, 1.807) is 0 Å². The van der Waals surface area contributed by atoms with Crippen LogP contribution in [-0.4, -0.2) is 5.60 Å². The van der Waals surface area contributed by atoms with E-state index in [0.717, 1.165) is 23.5 Å². The Kier molecular flexibility index (Phi) is 2.65. The van der Waals surface area contributed by atoms with Crippen molar-refractivity contribution in [3.63, 3.8) is 0 Å². The van der Waals surface area contributed by atoms with Crippen molar-refractivity contribution in [2.75, 3.05) is 0 Å². The van der Waals surface area contributed by atoms with Crippen LogP contribution in [0.2, 0.25) is 0 Å². The summed E-state index contributed by atoms with van der Waals surface area (Å²) in [7, 11) is 0. The van der Waals surface area contributed by atoms with E-state index in [4.69, 9.17) is 4.74 Å². The Labute approximate surface area is 116 Å². The quantitative estimate of drug-likeness (QED) is 0.766. The average Bonchev–Trinajstić information content (AvgIpc) is 2.37. The summed E-state index contributed by atoms with van der Waals surface area (Å²) in [6.07, 6.45) is 10.5. The van der Waals surface area contributed by atoms with Crippen molar-refractivity contribution >= 4 is 0 Å². The van der Waals surface area contributed by atoms with Crippen LogP contribution in [0.1, 0.15) is 51.0 Å². The van der Waals surface area contributed by atoms with E-state index in [-0.39, 0.29) is 5.60 Å². The molecule has 0 N–H and O–H groups in total. The molecule has 4 aliphatic rings. The predicted molar refractivity (Wildman–Crippen MR) is 77.0 cm³/mol. The second-order valence-electron chi connectivity index (χ2n) is 7.03. The zero-order valence-electron chi connectivity index (χ0n) is 11.8. The molecule has 0 aliphatic heterocycles. The molecule has 4 saturated carbocycles. The topological polar surface area (TPSA) is 9.23 Å². The Hall–Kier alpha value is -0.980. The molecule has 1 aromatic rings. The minimum Gasteiger partial charge on any atom is -0.487 e. The summed E-state index contributed by atoms with van der Waals surface area (Å²) in [5.74, 6) is 3.95. The monoisotopic (exact) mass is 255 g/mol. The Bertz CT molecular complexity index is 441. The lowest BCUT2D eigenvalue weighted by Crippen LogP contribution is -2.53. The molecule has 1 heteroatoms. The summed E-state index contributed by atoms with van der Waals surface area (Å²) >= 11 is 0. The Morgan fingerprint density at radius 2 is 1.58 bits per heavy atom. The molecule has 0 spiro atoms. The van der Waals surface area contributed by atoms with Gasteiger partial charge in [0.1, 0.15) is 11.4 Å². The van der Waals surface area contributed by atoms with E-state index in [1.807, 2.05) is 0 Å². The summed E-state index contributed by atoms with van der Waals surface area (Å²) < 4.78 is 6.61. The molecule has 0 aromatic heterocycles. The molecule has 1 aromatic carbocycles. The first kappa shape index (κ1) is 11.8. The van der Waals surface area contributed by atoms with Crippen molar-refractivity contribution < 1.29 is 4.74 Å². The van der Waals surface area contributed by atoms with Crippen LogP contribution < -0.4 is 4.74 Å². The number of ether oxygens (including phenoxy) is 1. The van der Waals surface area contributed by atoms with Gasteiger partial charge >= 0.3 is 0 Å². The summed E-state index contributed by atoms with van der Waals surface area (Å²) in [4.78, 5) is 0. The van der Waals surface area contributed by atoms with E-state index >= 15 is 0 Å². The second kappa shape index (κ2) is 4.26. The number of para-hydroxylation sites is 1. The first-order chi connectivity index (χ1) is 9.26. The van der Waals surface area contributed by atoms with Crippen molar-refractivity contribution in [3.8, 4) is 5.75 Å². The van der Waals surface area contributed by atoms with Gasteiger partial charge in [-0.1, -0.05) is 25.1 Å². The maximum Gasteiger partial charge on any atom is 0.123 e. The van der Waals surface area contributed by atoms with Gasteiger partial charge in [-0.3, -0.25) is 0 Å². The number of benzene rings is 1. The largest absolute Gasteiger partial charge is 0.487 e. The molecule has 4 bridgehead atoms. The summed E-state index contributed by atoms with van der Waals surface area (Å²) in [6, 6.07) is 8.51. The summed E-state index contributed by atoms with van der Waals surface area (Å²) in [5, 5.41) is 0.